The van der Waals surface area contributed by atoms with Crippen molar-refractivity contribution in [2.45, 2.75) is 68.7 Å². The Balaban J connectivity index is 1.30. The molecule has 0 unspecified atom stereocenters. The quantitative estimate of drug-likeness (QED) is 0.353. The number of para-hydroxylation sites is 1. The van der Waals surface area contributed by atoms with E-state index in [9.17, 15) is 19.5 Å². The fourth-order valence-corrected chi connectivity index (χ4v) is 6.39. The molecule has 6 rings (SSSR count). The van der Waals surface area contributed by atoms with Crippen LogP contribution in [0.5, 0.6) is 11.5 Å². The van der Waals surface area contributed by atoms with Gasteiger partial charge in [0.15, 0.2) is 0 Å². The summed E-state index contributed by atoms with van der Waals surface area (Å²) in [6.45, 7) is 0.188. The summed E-state index contributed by atoms with van der Waals surface area (Å²) in [5, 5.41) is 17.1. The van der Waals surface area contributed by atoms with Crippen LogP contribution in [0.3, 0.4) is 0 Å². The van der Waals surface area contributed by atoms with Crippen molar-refractivity contribution in [1.82, 2.24) is 15.2 Å². The van der Waals surface area contributed by atoms with Crippen LogP contribution in [-0.2, 0) is 14.4 Å². The van der Waals surface area contributed by atoms with Gasteiger partial charge in [0.25, 0.3) is 0 Å². The summed E-state index contributed by atoms with van der Waals surface area (Å²) in [6.07, 6.45) is 9.80. The number of nitrogens with zero attached hydrogens (tertiary/aromatic N) is 2. The summed E-state index contributed by atoms with van der Waals surface area (Å²) < 4.78 is 11.8. The molecule has 3 N–H and O–H groups in total. The molecule has 10 heteroatoms. The lowest BCUT2D eigenvalue weighted by Gasteiger charge is -2.30. The molecule has 3 aromatic rings. The number of carbonyl (C=O) groups excluding carboxylic acids is 2. The van der Waals surface area contributed by atoms with Crippen molar-refractivity contribution in [2.75, 3.05) is 19.0 Å². The first kappa shape index (κ1) is 29.5. The molecule has 0 bridgehead atoms. The molecule has 2 amide bonds. The summed E-state index contributed by atoms with van der Waals surface area (Å²) in [5.74, 6) is -0.745. The predicted octanol–water partition coefficient (Wildman–Crippen LogP) is 4.55. The third-order valence-electron chi connectivity index (χ3n) is 8.94. The highest BCUT2D eigenvalue weighted by molar-refractivity contribution is 5.96. The zero-order chi connectivity index (χ0) is 30.7. The molecule has 1 saturated carbocycles. The van der Waals surface area contributed by atoms with Gasteiger partial charge in [-0.25, -0.2) is 4.79 Å². The van der Waals surface area contributed by atoms with Crippen LogP contribution >= 0.6 is 0 Å². The number of carbonyl (C=O) groups is 3. The molecule has 1 aromatic heterocycles. The van der Waals surface area contributed by atoms with Gasteiger partial charge in [-0.05, 0) is 56.0 Å². The van der Waals surface area contributed by atoms with Crippen molar-refractivity contribution in [1.29, 1.82) is 0 Å². The lowest BCUT2D eigenvalue weighted by Crippen LogP contribution is -2.55. The molecule has 2 aromatic carbocycles. The number of aromatic nitrogens is 1. The lowest BCUT2D eigenvalue weighted by atomic mass is 10.0. The molecule has 5 atom stereocenters. The maximum atomic E-state index is 14.3. The number of aliphatic carboxylic acids is 1. The van der Waals surface area contributed by atoms with Crippen molar-refractivity contribution in [3.63, 3.8) is 0 Å². The van der Waals surface area contributed by atoms with E-state index in [1.807, 2.05) is 60.7 Å². The maximum Gasteiger partial charge on any atom is 0.330 e. The average Bonchev–Trinajstić information content (AvgIpc) is 3.57. The number of pyridine rings is 1. The Kier molecular flexibility index (Phi) is 8.41. The number of carboxylic acids is 1. The summed E-state index contributed by atoms with van der Waals surface area (Å²) in [4.78, 5) is 46.5. The number of fused-ring (bicyclic) bond motifs is 3. The van der Waals surface area contributed by atoms with Crippen molar-refractivity contribution in [3.05, 3.63) is 72.9 Å². The topological polar surface area (TPSA) is 130 Å². The number of amides is 2. The second-order valence-electron chi connectivity index (χ2n) is 11.9. The number of hydrogen-bond donors (Lipinski definition) is 3. The van der Waals surface area contributed by atoms with Crippen LogP contribution in [0.15, 0.2) is 72.9 Å². The highest BCUT2D eigenvalue weighted by Gasteiger charge is 2.61. The molecule has 3 heterocycles. The minimum Gasteiger partial charge on any atom is -0.497 e. The number of ether oxygens (including phenoxy) is 2. The lowest BCUT2D eigenvalue weighted by molar-refractivity contribution is -0.145. The average molecular weight is 599 g/mol. The van der Waals surface area contributed by atoms with Gasteiger partial charge in [-0.1, -0.05) is 43.2 Å². The number of rotatable bonds is 6. The Hall–Kier alpha value is -4.60. The summed E-state index contributed by atoms with van der Waals surface area (Å²) in [7, 11) is 1.59. The molecule has 2 aliphatic heterocycles. The number of methoxy groups -OCH3 is 1. The number of hydrogen-bond acceptors (Lipinski definition) is 7. The Morgan fingerprint density at radius 2 is 1.95 bits per heavy atom. The van der Waals surface area contributed by atoms with E-state index in [0.717, 1.165) is 36.8 Å². The molecule has 3 aliphatic rings. The van der Waals surface area contributed by atoms with Gasteiger partial charge >= 0.3 is 5.97 Å². The molecule has 44 heavy (non-hydrogen) atoms. The van der Waals surface area contributed by atoms with Crippen LogP contribution in [0.1, 0.15) is 44.9 Å². The first-order valence-corrected chi connectivity index (χ1v) is 15.3. The molecular weight excluding hydrogens is 560 g/mol. The highest BCUT2D eigenvalue weighted by Crippen LogP contribution is 2.45. The van der Waals surface area contributed by atoms with E-state index in [0.29, 0.717) is 29.9 Å². The van der Waals surface area contributed by atoms with Crippen molar-refractivity contribution in [3.8, 4) is 11.5 Å². The minimum atomic E-state index is -1.36. The second kappa shape index (κ2) is 12.6. The predicted molar refractivity (Wildman–Crippen MR) is 166 cm³/mol. The van der Waals surface area contributed by atoms with Gasteiger partial charge in [0.05, 0.1) is 19.2 Å². The van der Waals surface area contributed by atoms with Crippen LogP contribution in [0.4, 0.5) is 5.69 Å². The largest absolute Gasteiger partial charge is 0.497 e. The maximum absolute atomic E-state index is 14.3. The molecule has 1 aliphatic carbocycles. The van der Waals surface area contributed by atoms with Crippen LogP contribution in [-0.4, -0.2) is 70.2 Å². The fourth-order valence-electron chi connectivity index (χ4n) is 6.39. The fraction of sp³-hybridized carbons (Fsp3) is 0.412. The third kappa shape index (κ3) is 6.06. The first-order valence-electron chi connectivity index (χ1n) is 15.3. The molecular formula is C34H38N4O6. The van der Waals surface area contributed by atoms with Gasteiger partial charge in [0, 0.05) is 35.7 Å². The number of allylic oxidation sites excluding steroid dienone is 1. The number of benzene rings is 2. The summed E-state index contributed by atoms with van der Waals surface area (Å²) in [5.41, 5.74) is 0.166. The van der Waals surface area contributed by atoms with Crippen LogP contribution in [0.2, 0.25) is 0 Å². The second-order valence-corrected chi connectivity index (χ2v) is 11.9. The number of carboxylic acid groups (broad SMARTS) is 1. The first-order chi connectivity index (χ1) is 21.4. The summed E-state index contributed by atoms with van der Waals surface area (Å²) >= 11 is 0. The van der Waals surface area contributed by atoms with E-state index in [1.165, 1.54) is 0 Å². The molecule has 0 spiro atoms. The minimum absolute atomic E-state index is 0.188. The third-order valence-corrected chi connectivity index (χ3v) is 8.94. The van der Waals surface area contributed by atoms with E-state index >= 15 is 0 Å². The van der Waals surface area contributed by atoms with Crippen LogP contribution in [0, 0.1) is 5.92 Å². The summed E-state index contributed by atoms with van der Waals surface area (Å²) in [6, 6.07) is 15.4. The molecule has 1 saturated heterocycles. The Bertz CT molecular complexity index is 1560. The van der Waals surface area contributed by atoms with Gasteiger partial charge in [-0.3, -0.25) is 14.6 Å². The molecule has 0 radical (unpaired) electrons. The van der Waals surface area contributed by atoms with Crippen LogP contribution in [0.25, 0.3) is 10.9 Å². The van der Waals surface area contributed by atoms with Crippen LogP contribution < -0.4 is 20.1 Å². The van der Waals surface area contributed by atoms with E-state index in [4.69, 9.17) is 9.47 Å². The van der Waals surface area contributed by atoms with E-state index in [-0.39, 0.29) is 24.8 Å². The van der Waals surface area contributed by atoms with Gasteiger partial charge in [0.1, 0.15) is 35.2 Å². The Morgan fingerprint density at radius 1 is 1.11 bits per heavy atom. The Labute approximate surface area is 256 Å². The molecule has 230 valence electrons. The smallest absolute Gasteiger partial charge is 0.330 e. The zero-order valence-electron chi connectivity index (χ0n) is 24.8. The van der Waals surface area contributed by atoms with Crippen molar-refractivity contribution >= 4 is 34.4 Å². The van der Waals surface area contributed by atoms with Gasteiger partial charge in [-0.15, -0.1) is 0 Å². The SMILES string of the molecule is COc1ccc2c(O[C@@H]3C[C@H]4C(=O)N[C@]5(C(=O)O)C[C@@H]5/C=C\CCCCC[C@H](Nc5ccccc5)C(=O)N4C3)ccnc2c1. The monoisotopic (exact) mass is 598 g/mol. The normalized spacial score (nSPS) is 28.1. The van der Waals surface area contributed by atoms with Crippen molar-refractivity contribution in [2.24, 2.45) is 5.92 Å². The molecule has 10 nitrogen and oxygen atoms in total. The number of anilines is 1. The van der Waals surface area contributed by atoms with Gasteiger partial charge < -0.3 is 30.1 Å². The zero-order valence-corrected chi connectivity index (χ0v) is 24.8. The molecule has 2 fully saturated rings. The standard InChI is InChI=1S/C34H38N4O6/c1-43-24-14-15-26-28(18-24)35-17-16-30(26)44-25-19-29-31(39)37-34(33(41)42)20-22(34)10-6-3-2-4-9-13-27(32(40)38(29)21-25)36-23-11-7-5-8-12-23/h5-8,10-12,14-18,22,25,27,29,36H,2-4,9,13,19-21H2,1H3,(H,37,39)(H,41,42)/b10-6-/t22-,25+,27-,29-,34+/m0/s1. The van der Waals surface area contributed by atoms with E-state index in [2.05, 4.69) is 15.6 Å². The van der Waals surface area contributed by atoms with Crippen molar-refractivity contribution < 1.29 is 29.0 Å². The van der Waals surface area contributed by atoms with Gasteiger partial charge in [-0.2, -0.15) is 0 Å². The van der Waals surface area contributed by atoms with Gasteiger partial charge in [0.2, 0.25) is 11.8 Å². The van der Waals surface area contributed by atoms with E-state index in [1.54, 1.807) is 24.3 Å². The number of nitrogens with one attached hydrogen (secondary N) is 2. The Morgan fingerprint density at radius 3 is 2.75 bits per heavy atom. The van der Waals surface area contributed by atoms with E-state index < -0.39 is 35.6 Å². The highest BCUT2D eigenvalue weighted by atomic mass is 16.5.